The molecule has 1 atom stereocenters. The average molecular weight is 210 g/mol. The van der Waals surface area contributed by atoms with E-state index in [-0.39, 0.29) is 18.3 Å². The molecule has 1 amide bonds. The third kappa shape index (κ3) is 3.67. The lowest BCUT2D eigenvalue weighted by atomic mass is 10.0. The Morgan fingerprint density at radius 3 is 2.87 bits per heavy atom. The summed E-state index contributed by atoms with van der Waals surface area (Å²) >= 11 is 0. The first-order chi connectivity index (χ1) is 7.13. The van der Waals surface area contributed by atoms with E-state index in [1.165, 1.54) is 12.1 Å². The van der Waals surface area contributed by atoms with Crippen LogP contribution >= 0.6 is 0 Å². The molecule has 1 aromatic rings. The van der Waals surface area contributed by atoms with Gasteiger partial charge >= 0.3 is 0 Å². The first-order valence-electron chi connectivity index (χ1n) is 4.90. The summed E-state index contributed by atoms with van der Waals surface area (Å²) < 4.78 is 13.0. The number of rotatable bonds is 5. The highest BCUT2D eigenvalue weighted by molar-refractivity contribution is 5.74. The molecular weight excluding hydrogens is 195 g/mol. The lowest BCUT2D eigenvalue weighted by Gasteiger charge is -2.16. The Hall–Kier alpha value is -1.42. The number of halogens is 1. The zero-order chi connectivity index (χ0) is 11.3. The van der Waals surface area contributed by atoms with E-state index in [4.69, 9.17) is 5.73 Å². The monoisotopic (exact) mass is 210 g/mol. The van der Waals surface area contributed by atoms with Crippen LogP contribution in [0.15, 0.2) is 24.3 Å². The zero-order valence-electron chi connectivity index (χ0n) is 8.66. The van der Waals surface area contributed by atoms with Crippen LogP contribution in [0, 0.1) is 5.82 Å². The van der Waals surface area contributed by atoms with Crippen molar-refractivity contribution >= 4 is 5.91 Å². The van der Waals surface area contributed by atoms with E-state index in [2.05, 4.69) is 5.32 Å². The van der Waals surface area contributed by atoms with Gasteiger partial charge in [-0.05, 0) is 24.2 Å². The summed E-state index contributed by atoms with van der Waals surface area (Å²) in [4.78, 5) is 10.8. The number of hydrogen-bond acceptors (Lipinski definition) is 2. The van der Waals surface area contributed by atoms with Gasteiger partial charge in [0.25, 0.3) is 0 Å². The SMILES string of the molecule is CCNC(CC(N)=O)c1cccc(F)c1. The Labute approximate surface area is 88.5 Å². The van der Waals surface area contributed by atoms with Crippen LogP contribution in [-0.4, -0.2) is 12.5 Å². The molecule has 0 aliphatic rings. The van der Waals surface area contributed by atoms with Crippen molar-refractivity contribution in [3.05, 3.63) is 35.6 Å². The molecular formula is C11H15FN2O. The lowest BCUT2D eigenvalue weighted by Crippen LogP contribution is -2.26. The molecule has 0 aliphatic carbocycles. The minimum absolute atomic E-state index is 0.178. The van der Waals surface area contributed by atoms with E-state index in [0.717, 1.165) is 5.56 Å². The molecule has 1 rings (SSSR count). The molecule has 0 fully saturated rings. The van der Waals surface area contributed by atoms with Gasteiger partial charge in [-0.3, -0.25) is 4.79 Å². The van der Waals surface area contributed by atoms with E-state index in [1.54, 1.807) is 12.1 Å². The first kappa shape index (κ1) is 11.7. The van der Waals surface area contributed by atoms with Crippen molar-refractivity contribution in [3.63, 3.8) is 0 Å². The molecule has 0 aromatic heterocycles. The van der Waals surface area contributed by atoms with Gasteiger partial charge in [-0.15, -0.1) is 0 Å². The van der Waals surface area contributed by atoms with Gasteiger partial charge < -0.3 is 11.1 Å². The fourth-order valence-corrected chi connectivity index (χ4v) is 1.48. The van der Waals surface area contributed by atoms with Crippen molar-refractivity contribution in [1.82, 2.24) is 5.32 Å². The van der Waals surface area contributed by atoms with Gasteiger partial charge in [0, 0.05) is 12.5 Å². The maximum atomic E-state index is 13.0. The van der Waals surface area contributed by atoms with Crippen LogP contribution < -0.4 is 11.1 Å². The summed E-state index contributed by atoms with van der Waals surface area (Å²) in [7, 11) is 0. The van der Waals surface area contributed by atoms with Gasteiger partial charge in [0.2, 0.25) is 5.91 Å². The quantitative estimate of drug-likeness (QED) is 0.770. The number of nitrogens with one attached hydrogen (secondary N) is 1. The molecule has 0 spiro atoms. The first-order valence-corrected chi connectivity index (χ1v) is 4.90. The van der Waals surface area contributed by atoms with Gasteiger partial charge in [0.05, 0.1) is 0 Å². The molecule has 0 saturated heterocycles. The summed E-state index contributed by atoms with van der Waals surface area (Å²) in [6, 6.07) is 5.98. The number of primary amides is 1. The van der Waals surface area contributed by atoms with Crippen LogP contribution in [0.3, 0.4) is 0 Å². The second-order valence-corrected chi connectivity index (χ2v) is 3.34. The van der Waals surface area contributed by atoms with Gasteiger partial charge in [-0.1, -0.05) is 19.1 Å². The number of carbonyl (C=O) groups is 1. The Balaban J connectivity index is 2.83. The van der Waals surface area contributed by atoms with E-state index in [0.29, 0.717) is 6.54 Å². The molecule has 3 N–H and O–H groups in total. The Bertz CT molecular complexity index is 341. The fourth-order valence-electron chi connectivity index (χ4n) is 1.48. The van der Waals surface area contributed by atoms with Crippen molar-refractivity contribution in [1.29, 1.82) is 0 Å². The van der Waals surface area contributed by atoms with Crippen molar-refractivity contribution < 1.29 is 9.18 Å². The van der Waals surface area contributed by atoms with Crippen LogP contribution in [0.25, 0.3) is 0 Å². The van der Waals surface area contributed by atoms with Crippen LogP contribution in [-0.2, 0) is 4.79 Å². The number of carbonyl (C=O) groups excluding carboxylic acids is 1. The molecule has 0 radical (unpaired) electrons. The Morgan fingerprint density at radius 2 is 2.33 bits per heavy atom. The van der Waals surface area contributed by atoms with Crippen LogP contribution in [0.2, 0.25) is 0 Å². The molecule has 1 aromatic carbocycles. The summed E-state index contributed by atoms with van der Waals surface area (Å²) in [6.07, 6.45) is 0.178. The number of amides is 1. The summed E-state index contributed by atoms with van der Waals surface area (Å²) in [6.45, 7) is 2.63. The predicted molar refractivity (Wildman–Crippen MR) is 56.6 cm³/mol. The lowest BCUT2D eigenvalue weighted by molar-refractivity contribution is -0.118. The molecule has 3 nitrogen and oxygen atoms in total. The van der Waals surface area contributed by atoms with E-state index >= 15 is 0 Å². The van der Waals surface area contributed by atoms with E-state index < -0.39 is 5.91 Å². The van der Waals surface area contributed by atoms with Gasteiger partial charge in [0.15, 0.2) is 0 Å². The molecule has 1 unspecified atom stereocenters. The molecule has 0 aliphatic heterocycles. The van der Waals surface area contributed by atoms with Gasteiger partial charge in [-0.25, -0.2) is 4.39 Å². The summed E-state index contributed by atoms with van der Waals surface area (Å²) in [5.41, 5.74) is 5.87. The molecule has 15 heavy (non-hydrogen) atoms. The molecule has 0 saturated carbocycles. The van der Waals surface area contributed by atoms with Crippen molar-refractivity contribution in [2.75, 3.05) is 6.54 Å². The minimum atomic E-state index is -0.398. The van der Waals surface area contributed by atoms with Gasteiger partial charge in [-0.2, -0.15) is 0 Å². The van der Waals surface area contributed by atoms with E-state index in [1.807, 2.05) is 6.92 Å². The largest absolute Gasteiger partial charge is 0.370 e. The van der Waals surface area contributed by atoms with E-state index in [9.17, 15) is 9.18 Å². The molecule has 82 valence electrons. The second kappa shape index (κ2) is 5.46. The van der Waals surface area contributed by atoms with Crippen molar-refractivity contribution in [2.45, 2.75) is 19.4 Å². The topological polar surface area (TPSA) is 55.1 Å². The highest BCUT2D eigenvalue weighted by Crippen LogP contribution is 2.17. The molecule has 4 heteroatoms. The third-order valence-corrected chi connectivity index (χ3v) is 2.11. The number of benzene rings is 1. The van der Waals surface area contributed by atoms with Crippen LogP contribution in [0.1, 0.15) is 24.9 Å². The minimum Gasteiger partial charge on any atom is -0.370 e. The maximum Gasteiger partial charge on any atom is 0.219 e. The third-order valence-electron chi connectivity index (χ3n) is 2.11. The highest BCUT2D eigenvalue weighted by Gasteiger charge is 2.13. The summed E-state index contributed by atoms with van der Waals surface area (Å²) in [5, 5.41) is 3.09. The number of nitrogens with two attached hydrogens (primary N) is 1. The van der Waals surface area contributed by atoms with Crippen molar-refractivity contribution in [2.24, 2.45) is 5.73 Å². The maximum absolute atomic E-state index is 13.0. The number of hydrogen-bond donors (Lipinski definition) is 2. The average Bonchev–Trinajstić information content (AvgIpc) is 2.16. The summed E-state index contributed by atoms with van der Waals surface area (Å²) in [5.74, 6) is -0.704. The standard InChI is InChI=1S/C11H15FN2O/c1-2-14-10(7-11(13)15)8-4-3-5-9(12)6-8/h3-6,10,14H,2,7H2,1H3,(H2,13,15). The Morgan fingerprint density at radius 1 is 1.60 bits per heavy atom. The zero-order valence-corrected chi connectivity index (χ0v) is 8.66. The van der Waals surface area contributed by atoms with Gasteiger partial charge in [0.1, 0.15) is 5.82 Å². The molecule has 0 heterocycles. The normalized spacial score (nSPS) is 12.4. The fraction of sp³-hybridized carbons (Fsp3) is 0.364. The molecule has 0 bridgehead atoms. The van der Waals surface area contributed by atoms with Crippen molar-refractivity contribution in [3.8, 4) is 0 Å². The predicted octanol–water partition coefficient (Wildman–Crippen LogP) is 1.35. The van der Waals surface area contributed by atoms with Crippen LogP contribution in [0.5, 0.6) is 0 Å². The second-order valence-electron chi connectivity index (χ2n) is 3.34. The Kier molecular flexibility index (Phi) is 4.24. The van der Waals surface area contributed by atoms with Crippen LogP contribution in [0.4, 0.5) is 4.39 Å². The highest BCUT2D eigenvalue weighted by atomic mass is 19.1. The smallest absolute Gasteiger partial charge is 0.219 e.